The van der Waals surface area contributed by atoms with E-state index in [4.69, 9.17) is 0 Å². The summed E-state index contributed by atoms with van der Waals surface area (Å²) >= 11 is 0. The van der Waals surface area contributed by atoms with Gasteiger partial charge < -0.3 is 5.11 Å². The largest absolute Gasteiger partial charge is 0.392 e. The van der Waals surface area contributed by atoms with E-state index in [9.17, 15) is 13.5 Å². The van der Waals surface area contributed by atoms with E-state index in [-0.39, 0.29) is 12.6 Å². The first kappa shape index (κ1) is 16.5. The highest BCUT2D eigenvalue weighted by Gasteiger charge is 2.34. The fraction of sp³-hybridized carbons (Fsp3) is 0.625. The van der Waals surface area contributed by atoms with Crippen molar-refractivity contribution >= 4 is 10.0 Å². The molecule has 5 heteroatoms. The number of benzene rings is 1. The molecule has 1 heterocycles. The van der Waals surface area contributed by atoms with Crippen molar-refractivity contribution in [1.82, 2.24) is 4.31 Å². The van der Waals surface area contributed by atoms with Gasteiger partial charge in [0.15, 0.2) is 0 Å². The van der Waals surface area contributed by atoms with E-state index in [1.807, 2.05) is 26.8 Å². The van der Waals surface area contributed by atoms with Gasteiger partial charge in [0.05, 0.1) is 11.5 Å². The molecule has 0 saturated carbocycles. The van der Waals surface area contributed by atoms with Gasteiger partial charge in [-0.25, -0.2) is 8.42 Å². The molecular weight excluding hydrogens is 286 g/mol. The zero-order valence-corrected chi connectivity index (χ0v) is 14.1. The maximum absolute atomic E-state index is 12.9. The molecule has 0 radical (unpaired) electrons. The molecule has 0 bridgehead atoms. The number of rotatable bonds is 3. The van der Waals surface area contributed by atoms with Crippen molar-refractivity contribution in [2.24, 2.45) is 5.92 Å². The van der Waals surface area contributed by atoms with Gasteiger partial charge in [0, 0.05) is 12.6 Å². The predicted molar refractivity (Wildman–Crippen MR) is 83.6 cm³/mol. The van der Waals surface area contributed by atoms with Crippen LogP contribution < -0.4 is 0 Å². The number of aryl methyl sites for hydroxylation is 2. The van der Waals surface area contributed by atoms with E-state index in [1.54, 1.807) is 10.4 Å². The van der Waals surface area contributed by atoms with Gasteiger partial charge in [-0.05, 0) is 62.3 Å². The average Bonchev–Trinajstić information content (AvgIpc) is 2.37. The Morgan fingerprint density at radius 3 is 2.48 bits per heavy atom. The highest BCUT2D eigenvalue weighted by molar-refractivity contribution is 7.89. The average molecular weight is 311 g/mol. The summed E-state index contributed by atoms with van der Waals surface area (Å²) in [6.07, 6.45) is 1.80. The maximum atomic E-state index is 12.9. The molecule has 2 atom stereocenters. The van der Waals surface area contributed by atoms with Crippen molar-refractivity contribution in [1.29, 1.82) is 0 Å². The van der Waals surface area contributed by atoms with E-state index in [0.29, 0.717) is 22.9 Å². The summed E-state index contributed by atoms with van der Waals surface area (Å²) in [5, 5.41) is 9.39. The fourth-order valence-corrected chi connectivity index (χ4v) is 5.11. The Hall–Kier alpha value is -0.910. The number of piperidine rings is 1. The standard InChI is InChI=1S/C16H25NO3S/c1-11-5-6-17(14(4)7-11)21(19,20)16-9-15(10-18)12(2)8-13(16)3/h8-9,11,14,18H,5-7,10H2,1-4H3. The number of aliphatic hydroxyl groups is 1. The lowest BCUT2D eigenvalue weighted by atomic mass is 9.95. The predicted octanol–water partition coefficient (Wildman–Crippen LogP) is 2.60. The van der Waals surface area contributed by atoms with E-state index >= 15 is 0 Å². The third-order valence-corrected chi connectivity index (χ3v) is 6.62. The summed E-state index contributed by atoms with van der Waals surface area (Å²) in [6.45, 7) is 8.29. The third kappa shape index (κ3) is 3.15. The lowest BCUT2D eigenvalue weighted by molar-refractivity contribution is 0.220. The Kier molecular flexibility index (Phi) is 4.76. The lowest BCUT2D eigenvalue weighted by Crippen LogP contribution is -2.44. The summed E-state index contributed by atoms with van der Waals surface area (Å²) in [5.74, 6) is 0.568. The van der Waals surface area contributed by atoms with Crippen LogP contribution in [0.1, 0.15) is 43.4 Å². The van der Waals surface area contributed by atoms with Crippen molar-refractivity contribution in [3.05, 3.63) is 28.8 Å². The molecule has 1 aliphatic rings. The van der Waals surface area contributed by atoms with Gasteiger partial charge in [-0.3, -0.25) is 0 Å². The van der Waals surface area contributed by atoms with E-state index in [1.165, 1.54) is 0 Å². The van der Waals surface area contributed by atoms with Gasteiger partial charge in [-0.1, -0.05) is 13.0 Å². The first-order valence-corrected chi connectivity index (χ1v) is 8.94. The van der Waals surface area contributed by atoms with Crippen LogP contribution in [0.3, 0.4) is 0 Å². The van der Waals surface area contributed by atoms with Gasteiger partial charge in [0.25, 0.3) is 0 Å². The molecule has 0 aromatic heterocycles. The topological polar surface area (TPSA) is 57.6 Å². The summed E-state index contributed by atoms with van der Waals surface area (Å²) in [7, 11) is -3.49. The second kappa shape index (κ2) is 6.07. The van der Waals surface area contributed by atoms with Crippen LogP contribution in [-0.2, 0) is 16.6 Å². The number of nitrogens with zero attached hydrogens (tertiary/aromatic N) is 1. The van der Waals surface area contributed by atoms with Crippen LogP contribution in [0, 0.1) is 19.8 Å². The number of aliphatic hydroxyl groups excluding tert-OH is 1. The molecule has 1 saturated heterocycles. The Labute approximate surface area is 127 Å². The highest BCUT2D eigenvalue weighted by Crippen LogP contribution is 2.30. The summed E-state index contributed by atoms with van der Waals surface area (Å²) in [5.41, 5.74) is 2.35. The van der Waals surface area contributed by atoms with E-state index in [0.717, 1.165) is 24.0 Å². The van der Waals surface area contributed by atoms with Crippen molar-refractivity contribution in [2.45, 2.75) is 58.1 Å². The van der Waals surface area contributed by atoms with Crippen LogP contribution in [0.2, 0.25) is 0 Å². The van der Waals surface area contributed by atoms with Crippen LogP contribution >= 0.6 is 0 Å². The van der Waals surface area contributed by atoms with E-state index in [2.05, 4.69) is 6.92 Å². The molecule has 2 rings (SSSR count). The second-order valence-electron chi connectivity index (χ2n) is 6.30. The minimum atomic E-state index is -3.49. The normalized spacial score (nSPS) is 24.2. The molecule has 2 unspecified atom stereocenters. The van der Waals surface area contributed by atoms with Crippen LogP contribution in [-0.4, -0.2) is 30.4 Å². The van der Waals surface area contributed by atoms with Crippen LogP contribution in [0.25, 0.3) is 0 Å². The zero-order chi connectivity index (χ0) is 15.8. The second-order valence-corrected chi connectivity index (χ2v) is 8.16. The lowest BCUT2D eigenvalue weighted by Gasteiger charge is -2.35. The quantitative estimate of drug-likeness (QED) is 0.933. The van der Waals surface area contributed by atoms with Gasteiger partial charge >= 0.3 is 0 Å². The van der Waals surface area contributed by atoms with Crippen molar-refractivity contribution in [3.8, 4) is 0 Å². The Morgan fingerprint density at radius 2 is 1.90 bits per heavy atom. The molecule has 1 fully saturated rings. The zero-order valence-electron chi connectivity index (χ0n) is 13.3. The number of sulfonamides is 1. The molecule has 1 aromatic rings. The molecule has 1 aliphatic heterocycles. The molecule has 0 aliphatic carbocycles. The minimum Gasteiger partial charge on any atom is -0.392 e. The Morgan fingerprint density at radius 1 is 1.24 bits per heavy atom. The molecule has 4 nitrogen and oxygen atoms in total. The van der Waals surface area contributed by atoms with Gasteiger partial charge in [0.2, 0.25) is 10.0 Å². The van der Waals surface area contributed by atoms with Crippen molar-refractivity contribution in [3.63, 3.8) is 0 Å². The Balaban J connectivity index is 2.44. The maximum Gasteiger partial charge on any atom is 0.243 e. The van der Waals surface area contributed by atoms with Crippen molar-refractivity contribution in [2.75, 3.05) is 6.54 Å². The third-order valence-electron chi connectivity index (χ3n) is 4.47. The molecule has 1 aromatic carbocycles. The first-order valence-electron chi connectivity index (χ1n) is 7.50. The van der Waals surface area contributed by atoms with Crippen molar-refractivity contribution < 1.29 is 13.5 Å². The molecule has 1 N–H and O–H groups in total. The first-order chi connectivity index (χ1) is 9.77. The molecule has 0 amide bonds. The van der Waals surface area contributed by atoms with E-state index < -0.39 is 10.0 Å². The van der Waals surface area contributed by atoms with Gasteiger partial charge in [-0.2, -0.15) is 4.31 Å². The molecule has 21 heavy (non-hydrogen) atoms. The molecule has 118 valence electrons. The minimum absolute atomic E-state index is 0.0250. The summed E-state index contributed by atoms with van der Waals surface area (Å²) < 4.78 is 27.5. The monoisotopic (exact) mass is 311 g/mol. The van der Waals surface area contributed by atoms with Crippen LogP contribution in [0.5, 0.6) is 0 Å². The molecular formula is C16H25NO3S. The van der Waals surface area contributed by atoms with Gasteiger partial charge in [-0.15, -0.1) is 0 Å². The Bertz CT molecular complexity index is 625. The van der Waals surface area contributed by atoms with Crippen LogP contribution in [0.4, 0.5) is 0 Å². The number of hydrogen-bond acceptors (Lipinski definition) is 3. The van der Waals surface area contributed by atoms with Gasteiger partial charge in [0.1, 0.15) is 0 Å². The number of hydrogen-bond donors (Lipinski definition) is 1. The SMILES string of the molecule is Cc1cc(C)c(S(=O)(=O)N2CCC(C)CC2C)cc1CO. The smallest absolute Gasteiger partial charge is 0.243 e. The fourth-order valence-electron chi connectivity index (χ4n) is 3.19. The summed E-state index contributed by atoms with van der Waals surface area (Å²) in [6, 6.07) is 3.50. The highest BCUT2D eigenvalue weighted by atomic mass is 32.2. The molecule has 0 spiro atoms. The van der Waals surface area contributed by atoms with Crippen LogP contribution in [0.15, 0.2) is 17.0 Å². The summed E-state index contributed by atoms with van der Waals surface area (Å²) in [4.78, 5) is 0.332.